The van der Waals surface area contributed by atoms with Gasteiger partial charge in [-0.3, -0.25) is 0 Å². The van der Waals surface area contributed by atoms with Gasteiger partial charge < -0.3 is 10.8 Å². The molecular formula is C5H12NO. The lowest BCUT2D eigenvalue weighted by Crippen LogP contribution is -2.30. The van der Waals surface area contributed by atoms with Gasteiger partial charge in [-0.15, -0.1) is 0 Å². The van der Waals surface area contributed by atoms with E-state index in [0.29, 0.717) is 0 Å². The molecule has 0 heterocycles. The predicted molar refractivity (Wildman–Crippen MR) is 29.6 cm³/mol. The van der Waals surface area contributed by atoms with E-state index in [4.69, 9.17) is 10.8 Å². The highest BCUT2D eigenvalue weighted by Gasteiger charge is 2.02. The molecule has 0 rings (SSSR count). The van der Waals surface area contributed by atoms with Gasteiger partial charge in [0.05, 0.1) is 6.61 Å². The molecule has 0 fully saturated rings. The van der Waals surface area contributed by atoms with Gasteiger partial charge in [0, 0.05) is 6.04 Å². The quantitative estimate of drug-likeness (QED) is 0.506. The van der Waals surface area contributed by atoms with Crippen LogP contribution < -0.4 is 5.73 Å². The van der Waals surface area contributed by atoms with E-state index in [9.17, 15) is 0 Å². The first-order valence-electron chi connectivity index (χ1n) is 2.38. The zero-order chi connectivity index (χ0) is 5.86. The van der Waals surface area contributed by atoms with E-state index in [1.54, 1.807) is 0 Å². The van der Waals surface area contributed by atoms with E-state index in [2.05, 4.69) is 6.92 Å². The first-order valence-corrected chi connectivity index (χ1v) is 2.38. The Morgan fingerprint density at radius 3 is 2.29 bits per heavy atom. The minimum atomic E-state index is -0.153. The van der Waals surface area contributed by atoms with Gasteiger partial charge in [0.25, 0.3) is 0 Å². The molecule has 0 aliphatic rings. The molecule has 7 heavy (non-hydrogen) atoms. The van der Waals surface area contributed by atoms with Gasteiger partial charge in [-0.1, -0.05) is 6.92 Å². The fourth-order valence-electron chi connectivity index (χ4n) is 0.180. The van der Waals surface area contributed by atoms with Crippen LogP contribution in [0.25, 0.3) is 0 Å². The van der Waals surface area contributed by atoms with Gasteiger partial charge in [0.1, 0.15) is 0 Å². The second-order valence-electron chi connectivity index (χ2n) is 1.82. The highest BCUT2D eigenvalue weighted by molar-refractivity contribution is 4.68. The third-order valence-corrected chi connectivity index (χ3v) is 0.942. The van der Waals surface area contributed by atoms with Crippen molar-refractivity contribution in [2.75, 3.05) is 6.61 Å². The van der Waals surface area contributed by atoms with Crippen molar-refractivity contribution in [3.05, 3.63) is 6.92 Å². The lowest BCUT2D eigenvalue weighted by Gasteiger charge is -2.09. The fraction of sp³-hybridized carbons (Fsp3) is 0.800. The summed E-state index contributed by atoms with van der Waals surface area (Å²) in [6, 6.07) is -0.153. The summed E-state index contributed by atoms with van der Waals surface area (Å²) in [5.41, 5.74) is 5.30. The molecule has 0 aromatic carbocycles. The molecule has 0 amide bonds. The monoisotopic (exact) mass is 102 g/mol. The van der Waals surface area contributed by atoms with Crippen LogP contribution in [0.2, 0.25) is 0 Å². The normalized spacial score (nSPS) is 15.0. The minimum Gasteiger partial charge on any atom is -0.395 e. The summed E-state index contributed by atoms with van der Waals surface area (Å²) < 4.78 is 0. The van der Waals surface area contributed by atoms with Gasteiger partial charge in [-0.25, -0.2) is 0 Å². The summed E-state index contributed by atoms with van der Waals surface area (Å²) in [5, 5.41) is 8.34. The minimum absolute atomic E-state index is 0.0324. The molecule has 2 heteroatoms. The van der Waals surface area contributed by atoms with Crippen molar-refractivity contribution < 1.29 is 5.11 Å². The number of aliphatic hydroxyl groups excluding tert-OH is 1. The molecule has 0 bridgehead atoms. The summed E-state index contributed by atoms with van der Waals surface area (Å²) in [6.45, 7) is 5.53. The largest absolute Gasteiger partial charge is 0.395 e. The summed E-state index contributed by atoms with van der Waals surface area (Å²) in [6.07, 6.45) is 0. The van der Waals surface area contributed by atoms with Crippen molar-refractivity contribution in [3.8, 4) is 0 Å². The Bertz CT molecular complexity index is 45.3. The summed E-state index contributed by atoms with van der Waals surface area (Å²) in [5.74, 6) is 0.144. The van der Waals surface area contributed by atoms with Crippen LogP contribution in [0.3, 0.4) is 0 Å². The highest BCUT2D eigenvalue weighted by atomic mass is 16.3. The van der Waals surface area contributed by atoms with E-state index >= 15 is 0 Å². The Morgan fingerprint density at radius 2 is 2.29 bits per heavy atom. The number of hydrogen-bond donors (Lipinski definition) is 2. The lowest BCUT2D eigenvalue weighted by atomic mass is 10.1. The Morgan fingerprint density at radius 1 is 1.86 bits per heavy atom. The molecular weight excluding hydrogens is 90.1 g/mol. The fourth-order valence-corrected chi connectivity index (χ4v) is 0.180. The van der Waals surface area contributed by atoms with Gasteiger partial charge >= 0.3 is 0 Å². The number of nitrogens with two attached hydrogens (primary N) is 1. The standard InChI is InChI=1S/C5H12NO/c1-4(2)5(6)3-7/h4-5,7H,1,3,6H2,2H3. The van der Waals surface area contributed by atoms with Crippen LogP contribution in [0.1, 0.15) is 6.92 Å². The molecule has 2 unspecified atom stereocenters. The van der Waals surface area contributed by atoms with Crippen molar-refractivity contribution >= 4 is 0 Å². The molecule has 0 aliphatic carbocycles. The van der Waals surface area contributed by atoms with Gasteiger partial charge in [-0.2, -0.15) is 0 Å². The van der Waals surface area contributed by atoms with Crippen LogP contribution in [0, 0.1) is 12.8 Å². The molecule has 0 aliphatic heterocycles. The molecule has 2 nitrogen and oxygen atoms in total. The third-order valence-electron chi connectivity index (χ3n) is 0.942. The molecule has 0 saturated heterocycles. The van der Waals surface area contributed by atoms with Crippen molar-refractivity contribution in [1.29, 1.82) is 0 Å². The van der Waals surface area contributed by atoms with Crippen molar-refractivity contribution in [2.45, 2.75) is 13.0 Å². The second kappa shape index (κ2) is 2.99. The summed E-state index contributed by atoms with van der Waals surface area (Å²) >= 11 is 0. The molecule has 43 valence electrons. The van der Waals surface area contributed by atoms with Crippen LogP contribution in [0.4, 0.5) is 0 Å². The highest BCUT2D eigenvalue weighted by Crippen LogP contribution is 1.93. The maximum Gasteiger partial charge on any atom is 0.0585 e. The maximum absolute atomic E-state index is 8.34. The van der Waals surface area contributed by atoms with Crippen LogP contribution in [-0.2, 0) is 0 Å². The maximum atomic E-state index is 8.34. The Labute approximate surface area is 44.3 Å². The Hall–Kier alpha value is -0.0800. The van der Waals surface area contributed by atoms with E-state index in [0.717, 1.165) is 0 Å². The van der Waals surface area contributed by atoms with Crippen LogP contribution in [0.5, 0.6) is 0 Å². The second-order valence-corrected chi connectivity index (χ2v) is 1.82. The van der Waals surface area contributed by atoms with E-state index < -0.39 is 0 Å². The molecule has 0 aromatic rings. The number of aliphatic hydroxyl groups is 1. The molecule has 0 spiro atoms. The average molecular weight is 102 g/mol. The van der Waals surface area contributed by atoms with Crippen molar-refractivity contribution in [3.63, 3.8) is 0 Å². The van der Waals surface area contributed by atoms with Crippen LogP contribution >= 0.6 is 0 Å². The van der Waals surface area contributed by atoms with Crippen LogP contribution in [-0.4, -0.2) is 17.8 Å². The van der Waals surface area contributed by atoms with Gasteiger partial charge in [-0.05, 0) is 12.8 Å². The van der Waals surface area contributed by atoms with E-state index in [-0.39, 0.29) is 18.6 Å². The van der Waals surface area contributed by atoms with E-state index in [1.165, 1.54) is 0 Å². The smallest absolute Gasteiger partial charge is 0.0585 e. The SMILES string of the molecule is [CH2]C(C)C(N)CO. The summed E-state index contributed by atoms with van der Waals surface area (Å²) in [7, 11) is 0. The first-order chi connectivity index (χ1) is 3.18. The van der Waals surface area contributed by atoms with Crippen LogP contribution in [0.15, 0.2) is 0 Å². The predicted octanol–water partition coefficient (Wildman–Crippen LogP) is -0.224. The zero-order valence-corrected chi connectivity index (χ0v) is 4.59. The average Bonchev–Trinajstić information content (AvgIpc) is 1.65. The Balaban J connectivity index is 3.14. The first kappa shape index (κ1) is 6.92. The zero-order valence-electron chi connectivity index (χ0n) is 4.59. The molecule has 3 N–H and O–H groups in total. The summed E-state index contributed by atoms with van der Waals surface area (Å²) in [4.78, 5) is 0. The van der Waals surface area contributed by atoms with Gasteiger partial charge in [0.2, 0.25) is 0 Å². The number of hydrogen-bond acceptors (Lipinski definition) is 2. The van der Waals surface area contributed by atoms with Gasteiger partial charge in [0.15, 0.2) is 0 Å². The third kappa shape index (κ3) is 2.60. The van der Waals surface area contributed by atoms with E-state index in [1.807, 2.05) is 6.92 Å². The molecule has 0 aromatic heterocycles. The molecule has 2 atom stereocenters. The topological polar surface area (TPSA) is 46.2 Å². The molecule has 0 saturated carbocycles. The van der Waals surface area contributed by atoms with Crippen molar-refractivity contribution in [1.82, 2.24) is 0 Å². The van der Waals surface area contributed by atoms with Crippen molar-refractivity contribution in [2.24, 2.45) is 11.7 Å². The molecule has 1 radical (unpaired) electrons. The Kier molecular flexibility index (Phi) is 2.96. The number of rotatable bonds is 2. The lowest BCUT2D eigenvalue weighted by molar-refractivity contribution is 0.246.